The van der Waals surface area contributed by atoms with Gasteiger partial charge in [0.1, 0.15) is 5.82 Å². The molecule has 0 amide bonds. The van der Waals surface area contributed by atoms with Gasteiger partial charge in [0.25, 0.3) is 0 Å². The first-order valence-electron chi connectivity index (χ1n) is 10.7. The quantitative estimate of drug-likeness (QED) is 0.286. The molecule has 0 bridgehead atoms. The van der Waals surface area contributed by atoms with Gasteiger partial charge in [0, 0.05) is 52.0 Å². The van der Waals surface area contributed by atoms with E-state index < -0.39 is 10.0 Å². The van der Waals surface area contributed by atoms with Crippen LogP contribution >= 0.6 is 24.0 Å². The molecule has 0 radical (unpaired) electrons. The van der Waals surface area contributed by atoms with Gasteiger partial charge in [-0.15, -0.1) is 24.0 Å². The molecule has 0 spiro atoms. The van der Waals surface area contributed by atoms with Crippen molar-refractivity contribution in [2.75, 3.05) is 50.4 Å². The summed E-state index contributed by atoms with van der Waals surface area (Å²) in [5.74, 6) is 1.59. The maximum Gasteiger partial charge on any atom is 0.215 e. The van der Waals surface area contributed by atoms with Crippen LogP contribution in [0.15, 0.2) is 29.4 Å². The normalized spacial score (nSPS) is 17.1. The molecule has 0 aromatic carbocycles. The van der Waals surface area contributed by atoms with E-state index in [-0.39, 0.29) is 35.8 Å². The minimum Gasteiger partial charge on any atom is -0.355 e. The van der Waals surface area contributed by atoms with Crippen molar-refractivity contribution in [2.45, 2.75) is 46.6 Å². The highest BCUT2D eigenvalue weighted by Gasteiger charge is 2.27. The highest BCUT2D eigenvalue weighted by atomic mass is 127. The van der Waals surface area contributed by atoms with Crippen molar-refractivity contribution in [1.82, 2.24) is 19.9 Å². The van der Waals surface area contributed by atoms with Gasteiger partial charge in [-0.25, -0.2) is 13.4 Å². The Bertz CT molecular complexity index is 775. The van der Waals surface area contributed by atoms with Crippen molar-refractivity contribution in [1.29, 1.82) is 0 Å². The van der Waals surface area contributed by atoms with E-state index in [9.17, 15) is 8.42 Å². The van der Waals surface area contributed by atoms with Crippen LogP contribution in [0, 0.1) is 5.41 Å². The molecule has 1 atom stereocenters. The van der Waals surface area contributed by atoms with Crippen LogP contribution in [0.4, 0.5) is 5.82 Å². The number of hydrogen-bond donors (Lipinski definition) is 2. The summed E-state index contributed by atoms with van der Waals surface area (Å²) in [4.78, 5) is 10.7. The molecule has 1 fully saturated rings. The monoisotopic (exact) mass is 566 g/mol. The largest absolute Gasteiger partial charge is 0.355 e. The summed E-state index contributed by atoms with van der Waals surface area (Å²) in [6.45, 7) is 11.4. The zero-order valence-corrected chi connectivity index (χ0v) is 22.6. The number of piperazine rings is 1. The van der Waals surface area contributed by atoms with Crippen LogP contribution < -0.4 is 15.5 Å². The van der Waals surface area contributed by atoms with Crippen LogP contribution in [0.1, 0.15) is 40.5 Å². The third kappa shape index (κ3) is 9.90. The van der Waals surface area contributed by atoms with Crippen molar-refractivity contribution in [3.8, 4) is 0 Å². The van der Waals surface area contributed by atoms with Crippen molar-refractivity contribution in [2.24, 2.45) is 10.4 Å². The van der Waals surface area contributed by atoms with E-state index in [2.05, 4.69) is 53.2 Å². The molecular weight excluding hydrogens is 527 g/mol. The number of sulfonamides is 1. The summed E-state index contributed by atoms with van der Waals surface area (Å²) in [7, 11) is -1.60. The lowest BCUT2D eigenvalue weighted by Gasteiger charge is -2.34. The number of guanidine groups is 1. The van der Waals surface area contributed by atoms with Crippen molar-refractivity contribution in [3.05, 3.63) is 24.4 Å². The Morgan fingerprint density at radius 1 is 1.23 bits per heavy atom. The molecule has 31 heavy (non-hydrogen) atoms. The first-order chi connectivity index (χ1) is 14.1. The maximum absolute atomic E-state index is 12.7. The molecule has 1 unspecified atom stereocenters. The fraction of sp³-hybridized carbons (Fsp3) is 0.714. The highest BCUT2D eigenvalue weighted by Crippen LogP contribution is 2.21. The molecule has 2 heterocycles. The molecule has 0 saturated carbocycles. The highest BCUT2D eigenvalue weighted by molar-refractivity contribution is 14.0. The number of aromatic nitrogens is 1. The fourth-order valence-electron chi connectivity index (χ4n) is 3.31. The van der Waals surface area contributed by atoms with Crippen molar-refractivity contribution in [3.63, 3.8) is 0 Å². The Labute approximate surface area is 205 Å². The lowest BCUT2D eigenvalue weighted by Crippen LogP contribution is -2.51. The van der Waals surface area contributed by atoms with Crippen LogP contribution in [-0.2, 0) is 10.0 Å². The summed E-state index contributed by atoms with van der Waals surface area (Å²) in [6, 6.07) is 6.05. The van der Waals surface area contributed by atoms with E-state index >= 15 is 0 Å². The second-order valence-corrected chi connectivity index (χ2v) is 11.1. The predicted octanol–water partition coefficient (Wildman–Crippen LogP) is 2.53. The Morgan fingerprint density at radius 3 is 2.45 bits per heavy atom. The Morgan fingerprint density at radius 2 is 1.90 bits per heavy atom. The molecular formula is C21H39IN6O2S. The van der Waals surface area contributed by atoms with Crippen LogP contribution in [0.3, 0.4) is 0 Å². The number of nitrogens with zero attached hydrogens (tertiary/aromatic N) is 4. The maximum atomic E-state index is 12.7. The summed E-state index contributed by atoms with van der Waals surface area (Å²) < 4.78 is 27.0. The first kappa shape index (κ1) is 27.9. The second-order valence-electron chi connectivity index (χ2n) is 9.03. The molecule has 2 rings (SSSR count). The van der Waals surface area contributed by atoms with E-state index in [1.54, 1.807) is 17.5 Å². The number of nitrogens with one attached hydrogen (secondary N) is 2. The molecule has 1 saturated heterocycles. The average molecular weight is 567 g/mol. The molecule has 10 heteroatoms. The zero-order valence-electron chi connectivity index (χ0n) is 19.5. The van der Waals surface area contributed by atoms with Gasteiger partial charge >= 0.3 is 0 Å². The summed E-state index contributed by atoms with van der Waals surface area (Å²) in [5, 5.41) is 6.49. The summed E-state index contributed by atoms with van der Waals surface area (Å²) in [6.07, 6.45) is 3.90. The minimum atomic E-state index is -3.31. The van der Waals surface area contributed by atoms with E-state index in [4.69, 9.17) is 0 Å². The minimum absolute atomic E-state index is 0. The van der Waals surface area contributed by atoms with E-state index in [1.807, 2.05) is 18.2 Å². The van der Waals surface area contributed by atoms with E-state index in [0.717, 1.165) is 18.7 Å². The summed E-state index contributed by atoms with van der Waals surface area (Å²) >= 11 is 0. The number of pyridine rings is 1. The van der Waals surface area contributed by atoms with Gasteiger partial charge in [-0.3, -0.25) is 4.99 Å². The van der Waals surface area contributed by atoms with Crippen LogP contribution in [0.5, 0.6) is 0 Å². The van der Waals surface area contributed by atoms with Crippen molar-refractivity contribution < 1.29 is 8.42 Å². The van der Waals surface area contributed by atoms with E-state index in [0.29, 0.717) is 44.1 Å². The lowest BCUT2D eigenvalue weighted by molar-refractivity contribution is 0.346. The molecule has 8 nitrogen and oxygen atoms in total. The molecule has 0 aliphatic carbocycles. The molecule has 178 valence electrons. The Balaban J connectivity index is 0.00000480. The Kier molecular flexibility index (Phi) is 11.5. The van der Waals surface area contributed by atoms with Crippen LogP contribution in [-0.4, -0.2) is 75.2 Å². The van der Waals surface area contributed by atoms with Gasteiger partial charge in [-0.1, -0.05) is 26.8 Å². The number of halogens is 1. The van der Waals surface area contributed by atoms with Crippen molar-refractivity contribution >= 4 is 45.8 Å². The van der Waals surface area contributed by atoms with Crippen LogP contribution in [0.25, 0.3) is 0 Å². The first-order valence-corrected chi connectivity index (χ1v) is 12.3. The average Bonchev–Trinajstić information content (AvgIpc) is 2.71. The summed E-state index contributed by atoms with van der Waals surface area (Å²) in [5.41, 5.74) is 0.293. The number of hydrogen-bond acceptors (Lipinski definition) is 5. The standard InChI is InChI=1S/C21H38N6O2S.HI/c1-18(9-10-21(2,3)4)25-20(22-5)24-12-17-30(28,29)27-15-13-26(14-16-27)19-8-6-7-11-23-19;/h6-8,11,18H,9-10,12-17H2,1-5H3,(H2,22,24,25);1H. The van der Waals surface area contributed by atoms with E-state index in [1.165, 1.54) is 0 Å². The number of rotatable bonds is 8. The SMILES string of the molecule is CN=C(NCCS(=O)(=O)N1CCN(c2ccccn2)CC1)NC(C)CCC(C)(C)C.I. The van der Waals surface area contributed by atoms with Crippen LogP contribution in [0.2, 0.25) is 0 Å². The lowest BCUT2D eigenvalue weighted by atomic mass is 9.89. The topological polar surface area (TPSA) is 89.9 Å². The number of anilines is 1. The molecule has 1 aliphatic heterocycles. The van der Waals surface area contributed by atoms with Gasteiger partial charge in [-0.2, -0.15) is 4.31 Å². The Hall–Kier alpha value is -1.14. The fourth-order valence-corrected chi connectivity index (χ4v) is 4.65. The third-order valence-electron chi connectivity index (χ3n) is 5.19. The second kappa shape index (κ2) is 12.8. The van der Waals surface area contributed by atoms with Gasteiger partial charge in [0.15, 0.2) is 5.96 Å². The third-order valence-corrected chi connectivity index (χ3v) is 7.06. The molecule has 1 aliphatic rings. The zero-order chi connectivity index (χ0) is 22.2. The van der Waals surface area contributed by atoms with Gasteiger partial charge < -0.3 is 15.5 Å². The van der Waals surface area contributed by atoms with Gasteiger partial charge in [0.05, 0.1) is 5.75 Å². The smallest absolute Gasteiger partial charge is 0.215 e. The molecule has 1 aromatic heterocycles. The van der Waals surface area contributed by atoms with Gasteiger partial charge in [0.2, 0.25) is 10.0 Å². The number of aliphatic imine (C=N–C) groups is 1. The predicted molar refractivity (Wildman–Crippen MR) is 140 cm³/mol. The molecule has 2 N–H and O–H groups in total. The molecule has 1 aromatic rings. The van der Waals surface area contributed by atoms with Gasteiger partial charge in [-0.05, 0) is 37.3 Å².